The number of Topliss-reactive ketones (excluding diaryl/α,β-unsaturated/α-hetero) is 1. The highest BCUT2D eigenvalue weighted by molar-refractivity contribution is 6.15. The Morgan fingerprint density at radius 3 is 2.61 bits per heavy atom. The van der Waals surface area contributed by atoms with Gasteiger partial charge in [0.1, 0.15) is 5.92 Å². The molecule has 2 aromatic rings. The molecule has 0 aliphatic rings. The number of aliphatic carboxylic acids is 1. The Bertz CT molecular complexity index is 613. The first kappa shape index (κ1) is 12.4. The van der Waals surface area contributed by atoms with Gasteiger partial charge in [0.2, 0.25) is 0 Å². The molecule has 1 atom stereocenters. The smallest absolute Gasteiger partial charge is 0.314 e. The first-order valence-electron chi connectivity index (χ1n) is 5.90. The van der Waals surface area contributed by atoms with E-state index in [0.29, 0.717) is 12.0 Å². The van der Waals surface area contributed by atoms with E-state index in [1.807, 2.05) is 24.3 Å². The third-order valence-electron chi connectivity index (χ3n) is 3.16. The second kappa shape index (κ2) is 4.64. The van der Waals surface area contributed by atoms with Crippen LogP contribution in [-0.4, -0.2) is 21.8 Å². The SMILES string of the molecule is CCC(C(=O)O)C(=O)c1c(C)[nH]c2ccccc12. The number of aromatic amines is 1. The lowest BCUT2D eigenvalue weighted by molar-refractivity contribution is -0.140. The second-order valence-corrected chi connectivity index (χ2v) is 4.33. The summed E-state index contributed by atoms with van der Waals surface area (Å²) in [5.74, 6) is -2.35. The van der Waals surface area contributed by atoms with E-state index in [-0.39, 0.29) is 5.78 Å². The number of fused-ring (bicyclic) bond motifs is 1. The third kappa shape index (κ3) is 1.90. The van der Waals surface area contributed by atoms with Crippen LogP contribution in [-0.2, 0) is 4.79 Å². The molecule has 0 radical (unpaired) electrons. The minimum atomic E-state index is -1.06. The van der Waals surface area contributed by atoms with Crippen LogP contribution in [0.25, 0.3) is 10.9 Å². The Morgan fingerprint density at radius 1 is 1.33 bits per heavy atom. The van der Waals surface area contributed by atoms with Crippen molar-refractivity contribution in [2.75, 3.05) is 0 Å². The number of carbonyl (C=O) groups excluding carboxylic acids is 1. The summed E-state index contributed by atoms with van der Waals surface area (Å²) in [5, 5.41) is 9.87. The molecule has 0 saturated heterocycles. The molecule has 0 saturated carbocycles. The van der Waals surface area contributed by atoms with Gasteiger partial charge in [0.15, 0.2) is 5.78 Å². The Balaban J connectivity index is 2.57. The molecule has 4 nitrogen and oxygen atoms in total. The van der Waals surface area contributed by atoms with Crippen LogP contribution in [0.5, 0.6) is 0 Å². The van der Waals surface area contributed by atoms with E-state index in [9.17, 15) is 9.59 Å². The molecule has 18 heavy (non-hydrogen) atoms. The molecule has 0 bridgehead atoms. The molecule has 0 aliphatic heterocycles. The van der Waals surface area contributed by atoms with Gasteiger partial charge in [0.25, 0.3) is 0 Å². The van der Waals surface area contributed by atoms with Crippen LogP contribution >= 0.6 is 0 Å². The number of benzene rings is 1. The highest BCUT2D eigenvalue weighted by Gasteiger charge is 2.28. The van der Waals surface area contributed by atoms with Crippen molar-refractivity contribution in [1.82, 2.24) is 4.98 Å². The number of aromatic nitrogens is 1. The molecule has 0 amide bonds. The van der Waals surface area contributed by atoms with Gasteiger partial charge in [0, 0.05) is 22.2 Å². The lowest BCUT2D eigenvalue weighted by Gasteiger charge is -2.08. The maximum absolute atomic E-state index is 12.3. The van der Waals surface area contributed by atoms with Crippen LogP contribution < -0.4 is 0 Å². The van der Waals surface area contributed by atoms with Crippen molar-refractivity contribution in [3.05, 3.63) is 35.5 Å². The number of carboxylic acid groups (broad SMARTS) is 1. The van der Waals surface area contributed by atoms with Crippen molar-refractivity contribution in [2.45, 2.75) is 20.3 Å². The number of para-hydroxylation sites is 1. The fraction of sp³-hybridized carbons (Fsp3) is 0.286. The maximum atomic E-state index is 12.3. The van der Waals surface area contributed by atoms with Crippen LogP contribution in [0, 0.1) is 12.8 Å². The zero-order valence-electron chi connectivity index (χ0n) is 10.4. The highest BCUT2D eigenvalue weighted by atomic mass is 16.4. The fourth-order valence-electron chi connectivity index (χ4n) is 2.24. The van der Waals surface area contributed by atoms with Gasteiger partial charge in [-0.1, -0.05) is 25.1 Å². The Morgan fingerprint density at radius 2 is 2.00 bits per heavy atom. The lowest BCUT2D eigenvalue weighted by Crippen LogP contribution is -2.23. The summed E-state index contributed by atoms with van der Waals surface area (Å²) in [6.07, 6.45) is 0.299. The van der Waals surface area contributed by atoms with E-state index in [2.05, 4.69) is 4.98 Å². The Labute approximate surface area is 105 Å². The molecule has 0 spiro atoms. The summed E-state index contributed by atoms with van der Waals surface area (Å²) >= 11 is 0. The molecule has 1 aromatic heterocycles. The van der Waals surface area contributed by atoms with Crippen molar-refractivity contribution in [1.29, 1.82) is 0 Å². The monoisotopic (exact) mass is 245 g/mol. The largest absolute Gasteiger partial charge is 0.481 e. The molecule has 4 heteroatoms. The summed E-state index contributed by atoms with van der Waals surface area (Å²) in [7, 11) is 0. The standard InChI is InChI=1S/C14H15NO3/c1-3-9(14(17)18)13(16)12-8(2)15-11-7-5-4-6-10(11)12/h4-7,9,15H,3H2,1-2H3,(H,17,18). The van der Waals surface area contributed by atoms with E-state index in [4.69, 9.17) is 5.11 Å². The normalized spacial score (nSPS) is 12.6. The maximum Gasteiger partial charge on any atom is 0.314 e. The van der Waals surface area contributed by atoms with Gasteiger partial charge >= 0.3 is 5.97 Å². The number of rotatable bonds is 4. The van der Waals surface area contributed by atoms with Crippen molar-refractivity contribution in [3.8, 4) is 0 Å². The summed E-state index contributed by atoms with van der Waals surface area (Å²) in [4.78, 5) is 26.5. The van der Waals surface area contributed by atoms with Gasteiger partial charge in [-0.05, 0) is 19.4 Å². The lowest BCUT2D eigenvalue weighted by atomic mass is 9.93. The van der Waals surface area contributed by atoms with E-state index in [0.717, 1.165) is 16.6 Å². The molecule has 1 heterocycles. The molecule has 1 aromatic carbocycles. The summed E-state index contributed by atoms with van der Waals surface area (Å²) in [6, 6.07) is 7.43. The minimum absolute atomic E-state index is 0.299. The number of carbonyl (C=O) groups is 2. The van der Waals surface area contributed by atoms with Crippen molar-refractivity contribution < 1.29 is 14.7 Å². The average Bonchev–Trinajstić information content (AvgIpc) is 2.64. The summed E-state index contributed by atoms with van der Waals surface area (Å²) in [5.41, 5.74) is 2.08. The second-order valence-electron chi connectivity index (χ2n) is 4.33. The molecule has 1 unspecified atom stereocenters. The van der Waals surface area contributed by atoms with E-state index >= 15 is 0 Å². The van der Waals surface area contributed by atoms with E-state index < -0.39 is 11.9 Å². The molecule has 2 N–H and O–H groups in total. The van der Waals surface area contributed by atoms with Crippen LogP contribution in [0.3, 0.4) is 0 Å². The number of ketones is 1. The van der Waals surface area contributed by atoms with Gasteiger partial charge in [-0.3, -0.25) is 9.59 Å². The Hall–Kier alpha value is -2.10. The predicted molar refractivity (Wildman–Crippen MR) is 68.8 cm³/mol. The zero-order chi connectivity index (χ0) is 13.3. The number of hydrogen-bond acceptors (Lipinski definition) is 2. The Kier molecular flexibility index (Phi) is 3.19. The van der Waals surface area contributed by atoms with Crippen LogP contribution in [0.1, 0.15) is 29.4 Å². The van der Waals surface area contributed by atoms with Crippen molar-refractivity contribution in [3.63, 3.8) is 0 Å². The van der Waals surface area contributed by atoms with Crippen LogP contribution in [0.2, 0.25) is 0 Å². The van der Waals surface area contributed by atoms with Gasteiger partial charge in [-0.15, -0.1) is 0 Å². The average molecular weight is 245 g/mol. The summed E-state index contributed by atoms with van der Waals surface area (Å²) < 4.78 is 0. The van der Waals surface area contributed by atoms with E-state index in [1.54, 1.807) is 13.8 Å². The van der Waals surface area contributed by atoms with Crippen LogP contribution in [0.15, 0.2) is 24.3 Å². The number of hydrogen-bond donors (Lipinski definition) is 2. The van der Waals surface area contributed by atoms with Gasteiger partial charge < -0.3 is 10.1 Å². The van der Waals surface area contributed by atoms with E-state index in [1.165, 1.54) is 0 Å². The number of H-pyrrole nitrogens is 1. The van der Waals surface area contributed by atoms with Crippen LogP contribution in [0.4, 0.5) is 0 Å². The van der Waals surface area contributed by atoms with Gasteiger partial charge in [-0.25, -0.2) is 0 Å². The van der Waals surface area contributed by atoms with Crippen molar-refractivity contribution in [2.24, 2.45) is 5.92 Å². The van der Waals surface area contributed by atoms with Gasteiger partial charge in [-0.2, -0.15) is 0 Å². The first-order valence-corrected chi connectivity index (χ1v) is 5.90. The fourth-order valence-corrected chi connectivity index (χ4v) is 2.24. The molecule has 0 fully saturated rings. The predicted octanol–water partition coefficient (Wildman–Crippen LogP) is 2.77. The quantitative estimate of drug-likeness (QED) is 0.642. The topological polar surface area (TPSA) is 70.2 Å². The van der Waals surface area contributed by atoms with Gasteiger partial charge in [0.05, 0.1) is 0 Å². The number of carboxylic acids is 1. The number of aryl methyl sites for hydroxylation is 1. The molecular weight excluding hydrogens is 230 g/mol. The zero-order valence-corrected chi connectivity index (χ0v) is 10.4. The molecule has 0 aliphatic carbocycles. The van der Waals surface area contributed by atoms with Crippen molar-refractivity contribution >= 4 is 22.7 Å². The molecule has 2 rings (SSSR count). The molecule has 94 valence electrons. The summed E-state index contributed by atoms with van der Waals surface area (Å²) in [6.45, 7) is 3.50. The third-order valence-corrected chi connectivity index (χ3v) is 3.16. The highest BCUT2D eigenvalue weighted by Crippen LogP contribution is 2.25. The number of nitrogens with one attached hydrogen (secondary N) is 1. The molecular formula is C14H15NO3. The first-order chi connectivity index (χ1) is 8.56. The minimum Gasteiger partial charge on any atom is -0.481 e.